The van der Waals surface area contributed by atoms with E-state index in [4.69, 9.17) is 9.72 Å². The third-order valence-corrected chi connectivity index (χ3v) is 7.60. The van der Waals surface area contributed by atoms with Crippen LogP contribution in [0.4, 0.5) is 11.6 Å². The lowest BCUT2D eigenvalue weighted by molar-refractivity contribution is 0.0916. The van der Waals surface area contributed by atoms with Crippen molar-refractivity contribution in [2.24, 2.45) is 0 Å². The first-order chi connectivity index (χ1) is 17.9. The monoisotopic (exact) mass is 502 g/mol. The van der Waals surface area contributed by atoms with Gasteiger partial charge in [0.25, 0.3) is 5.91 Å². The fraction of sp³-hybridized carbons (Fsp3) is 0.429. The number of carbonyl (C=O) groups excluding carboxylic acids is 1. The number of rotatable bonds is 7. The lowest BCUT2D eigenvalue weighted by Gasteiger charge is -2.29. The maximum atomic E-state index is 12.8. The van der Waals surface area contributed by atoms with Crippen LogP contribution in [-0.4, -0.2) is 70.8 Å². The predicted molar refractivity (Wildman–Crippen MR) is 142 cm³/mol. The van der Waals surface area contributed by atoms with Gasteiger partial charge in [-0.15, -0.1) is 0 Å². The van der Waals surface area contributed by atoms with Crippen LogP contribution in [0.5, 0.6) is 5.75 Å². The summed E-state index contributed by atoms with van der Waals surface area (Å²) in [5.41, 5.74) is 4.66. The highest BCUT2D eigenvalue weighted by atomic mass is 16.5. The smallest absolute Gasteiger partial charge is 0.251 e. The number of nitrogens with one attached hydrogen (secondary N) is 2. The topological polar surface area (TPSA) is 113 Å². The van der Waals surface area contributed by atoms with Gasteiger partial charge in [-0.2, -0.15) is 0 Å². The highest BCUT2D eigenvalue weighted by Gasteiger charge is 2.35. The van der Waals surface area contributed by atoms with Gasteiger partial charge in [0.05, 0.1) is 25.1 Å². The van der Waals surface area contributed by atoms with Crippen LogP contribution in [-0.2, 0) is 11.8 Å². The SMILES string of the molecule is COc1cc(C(=O)NC2CCN(C)CC2)ccc1Nc1nccc(-c2cnc3c(c2)C(C)(CO)CC3)n1. The van der Waals surface area contributed by atoms with Crippen LogP contribution in [0.25, 0.3) is 11.3 Å². The zero-order chi connectivity index (χ0) is 26.0. The number of aryl methyl sites for hydroxylation is 1. The van der Waals surface area contributed by atoms with Crippen molar-refractivity contribution in [3.8, 4) is 17.0 Å². The van der Waals surface area contributed by atoms with Crippen LogP contribution >= 0.6 is 0 Å². The Hall–Kier alpha value is -3.56. The summed E-state index contributed by atoms with van der Waals surface area (Å²) in [4.78, 5) is 28.8. The number of nitrogens with zero attached hydrogens (tertiary/aromatic N) is 4. The zero-order valence-electron chi connectivity index (χ0n) is 21.6. The Labute approximate surface area is 217 Å². The first-order valence-electron chi connectivity index (χ1n) is 12.8. The van der Waals surface area contributed by atoms with Crippen molar-refractivity contribution in [1.82, 2.24) is 25.2 Å². The summed E-state index contributed by atoms with van der Waals surface area (Å²) in [5, 5.41) is 16.3. The van der Waals surface area contributed by atoms with E-state index in [1.165, 1.54) is 0 Å². The molecule has 2 aliphatic rings. The third-order valence-electron chi connectivity index (χ3n) is 7.60. The number of methoxy groups -OCH3 is 1. The number of aliphatic hydroxyl groups is 1. The molecular formula is C28H34N6O3. The number of pyridine rings is 1. The quantitative estimate of drug-likeness (QED) is 0.451. The average Bonchev–Trinajstić information content (AvgIpc) is 3.26. The predicted octanol–water partition coefficient (Wildman–Crippen LogP) is 3.31. The van der Waals surface area contributed by atoms with Gasteiger partial charge in [-0.05, 0) is 81.7 Å². The van der Waals surface area contributed by atoms with Crippen LogP contribution in [0, 0.1) is 0 Å². The molecule has 9 nitrogen and oxygen atoms in total. The molecule has 0 radical (unpaired) electrons. The molecule has 2 aromatic heterocycles. The van der Waals surface area contributed by atoms with Crippen LogP contribution < -0.4 is 15.4 Å². The van der Waals surface area contributed by atoms with Gasteiger partial charge in [-0.3, -0.25) is 9.78 Å². The number of anilines is 2. The minimum absolute atomic E-state index is 0.0908. The fourth-order valence-electron chi connectivity index (χ4n) is 5.11. The van der Waals surface area contributed by atoms with Gasteiger partial charge < -0.3 is 25.4 Å². The molecule has 1 aliphatic carbocycles. The lowest BCUT2D eigenvalue weighted by Crippen LogP contribution is -2.43. The third kappa shape index (κ3) is 5.28. The average molecular weight is 503 g/mol. The van der Waals surface area contributed by atoms with Crippen molar-refractivity contribution in [2.45, 2.75) is 44.1 Å². The number of fused-ring (bicyclic) bond motifs is 1. The molecule has 3 N–H and O–H groups in total. The van der Waals surface area contributed by atoms with E-state index < -0.39 is 0 Å². The molecule has 1 atom stereocenters. The Kier molecular flexibility index (Phi) is 7.08. The Morgan fingerprint density at radius 1 is 1.22 bits per heavy atom. The molecule has 0 spiro atoms. The molecule has 3 heterocycles. The maximum Gasteiger partial charge on any atom is 0.251 e. The molecular weight excluding hydrogens is 468 g/mol. The number of ether oxygens (including phenoxy) is 1. The molecule has 9 heteroatoms. The van der Waals surface area contributed by atoms with E-state index in [2.05, 4.69) is 45.5 Å². The Bertz CT molecular complexity index is 1290. The van der Waals surface area contributed by atoms with Gasteiger partial charge in [0.1, 0.15) is 5.75 Å². The summed E-state index contributed by atoms with van der Waals surface area (Å²) in [6.45, 7) is 4.13. The molecule has 1 unspecified atom stereocenters. The molecule has 1 aliphatic heterocycles. The number of aromatic nitrogens is 3. The zero-order valence-corrected chi connectivity index (χ0v) is 21.6. The van der Waals surface area contributed by atoms with E-state index in [1.807, 2.05) is 18.3 Å². The summed E-state index contributed by atoms with van der Waals surface area (Å²) >= 11 is 0. The van der Waals surface area contributed by atoms with Crippen LogP contribution in [0.3, 0.4) is 0 Å². The number of benzene rings is 1. The van der Waals surface area contributed by atoms with Gasteiger partial charge in [0.2, 0.25) is 5.95 Å². The lowest BCUT2D eigenvalue weighted by atomic mass is 9.85. The van der Waals surface area contributed by atoms with Gasteiger partial charge in [0.15, 0.2) is 0 Å². The van der Waals surface area contributed by atoms with E-state index in [0.717, 1.165) is 61.3 Å². The summed E-state index contributed by atoms with van der Waals surface area (Å²) in [5.74, 6) is 0.837. The van der Waals surface area contributed by atoms with E-state index in [-0.39, 0.29) is 24.0 Å². The number of carbonyl (C=O) groups is 1. The maximum absolute atomic E-state index is 12.8. The molecule has 0 bridgehead atoms. The molecule has 0 saturated carbocycles. The van der Waals surface area contributed by atoms with Gasteiger partial charge in [-0.25, -0.2) is 9.97 Å². The molecule has 1 aromatic carbocycles. The molecule has 37 heavy (non-hydrogen) atoms. The summed E-state index contributed by atoms with van der Waals surface area (Å²) in [6, 6.07) is 9.43. The van der Waals surface area contributed by atoms with E-state index in [1.54, 1.807) is 25.4 Å². The Morgan fingerprint density at radius 2 is 2.03 bits per heavy atom. The summed E-state index contributed by atoms with van der Waals surface area (Å²) < 4.78 is 5.57. The van der Waals surface area contributed by atoms with E-state index in [9.17, 15) is 9.90 Å². The second-order valence-corrected chi connectivity index (χ2v) is 10.3. The number of hydrogen-bond acceptors (Lipinski definition) is 8. The number of hydrogen-bond donors (Lipinski definition) is 3. The van der Waals surface area contributed by atoms with Crippen LogP contribution in [0.2, 0.25) is 0 Å². The van der Waals surface area contributed by atoms with Crippen LogP contribution in [0.15, 0.2) is 42.7 Å². The van der Waals surface area contributed by atoms with Gasteiger partial charge >= 0.3 is 0 Å². The first kappa shape index (κ1) is 25.1. The standard InChI is InChI=1S/C28H34N6O3/c1-28(17-35)10-6-23-21(28)14-19(16-30-23)22-7-11-29-27(32-22)33-24-5-4-18(15-25(24)37-3)26(36)31-20-8-12-34(2)13-9-20/h4-5,7,11,14-16,20,35H,6,8-10,12-13,17H2,1-3H3,(H,31,36)(H,29,32,33). The highest BCUT2D eigenvalue weighted by Crippen LogP contribution is 2.39. The van der Waals surface area contributed by atoms with Gasteiger partial charge in [-0.1, -0.05) is 6.92 Å². The molecule has 5 rings (SSSR count). The molecule has 1 amide bonds. The Balaban J connectivity index is 1.33. The molecule has 194 valence electrons. The van der Waals surface area contributed by atoms with Crippen molar-refractivity contribution in [1.29, 1.82) is 0 Å². The van der Waals surface area contributed by atoms with Crippen molar-refractivity contribution in [3.63, 3.8) is 0 Å². The van der Waals surface area contributed by atoms with E-state index >= 15 is 0 Å². The van der Waals surface area contributed by atoms with Crippen molar-refractivity contribution >= 4 is 17.5 Å². The number of piperidine rings is 1. The first-order valence-corrected chi connectivity index (χ1v) is 12.8. The van der Waals surface area contributed by atoms with Crippen LogP contribution in [0.1, 0.15) is 47.8 Å². The number of amides is 1. The normalized spacial score (nSPS) is 19.9. The molecule has 1 fully saturated rings. The highest BCUT2D eigenvalue weighted by molar-refractivity contribution is 5.95. The molecule has 3 aromatic rings. The summed E-state index contributed by atoms with van der Waals surface area (Å²) in [6.07, 6.45) is 7.18. The summed E-state index contributed by atoms with van der Waals surface area (Å²) in [7, 11) is 3.67. The number of aliphatic hydroxyl groups excluding tert-OH is 1. The minimum Gasteiger partial charge on any atom is -0.495 e. The minimum atomic E-state index is -0.277. The molecule has 1 saturated heterocycles. The van der Waals surface area contributed by atoms with Crippen molar-refractivity contribution in [3.05, 3.63) is 59.5 Å². The fourth-order valence-corrected chi connectivity index (χ4v) is 5.11. The second kappa shape index (κ2) is 10.4. The van der Waals surface area contributed by atoms with Crippen molar-refractivity contribution < 1.29 is 14.6 Å². The van der Waals surface area contributed by atoms with Gasteiger partial charge in [0, 0.05) is 40.7 Å². The van der Waals surface area contributed by atoms with E-state index in [0.29, 0.717) is 22.9 Å². The second-order valence-electron chi connectivity index (χ2n) is 10.3. The Morgan fingerprint density at radius 3 is 2.78 bits per heavy atom. The van der Waals surface area contributed by atoms with Crippen molar-refractivity contribution in [2.75, 3.05) is 39.2 Å². The number of likely N-dealkylation sites (tertiary alicyclic amines) is 1. The largest absolute Gasteiger partial charge is 0.495 e.